The van der Waals surface area contributed by atoms with Gasteiger partial charge in [0.1, 0.15) is 11.6 Å². The summed E-state index contributed by atoms with van der Waals surface area (Å²) in [5, 5.41) is 11.9. The largest absolute Gasteiger partial charge is 0.481 e. The number of carbonyl (C=O) groups is 2. The van der Waals surface area contributed by atoms with Gasteiger partial charge in [0.05, 0.1) is 5.92 Å². The molecule has 25 heavy (non-hydrogen) atoms. The Balaban J connectivity index is 1.96. The molecule has 2 unspecified atom stereocenters. The third-order valence-electron chi connectivity index (χ3n) is 3.99. The fourth-order valence-electron chi connectivity index (χ4n) is 2.61. The molecule has 2 aromatic carbocycles. The molecule has 0 fully saturated rings. The third kappa shape index (κ3) is 5.11. The lowest BCUT2D eigenvalue weighted by atomic mass is 9.96. The van der Waals surface area contributed by atoms with Crippen molar-refractivity contribution in [2.75, 3.05) is 6.54 Å². The van der Waals surface area contributed by atoms with Crippen LogP contribution >= 0.6 is 0 Å². The first-order chi connectivity index (χ1) is 11.9. The molecule has 0 aliphatic heterocycles. The summed E-state index contributed by atoms with van der Waals surface area (Å²) in [6.07, 6.45) is -0.0241. The van der Waals surface area contributed by atoms with Gasteiger partial charge in [0.25, 0.3) is 0 Å². The van der Waals surface area contributed by atoms with Crippen LogP contribution in [-0.2, 0) is 9.59 Å². The number of benzene rings is 2. The summed E-state index contributed by atoms with van der Waals surface area (Å²) in [6.45, 7) is 1.60. The molecule has 0 saturated carbocycles. The molecule has 4 nitrogen and oxygen atoms in total. The highest BCUT2D eigenvalue weighted by molar-refractivity contribution is 5.80. The lowest BCUT2D eigenvalue weighted by molar-refractivity contribution is -0.138. The molecule has 0 aliphatic rings. The van der Waals surface area contributed by atoms with Gasteiger partial charge in [-0.3, -0.25) is 9.59 Å². The van der Waals surface area contributed by atoms with E-state index in [4.69, 9.17) is 0 Å². The predicted molar refractivity (Wildman–Crippen MR) is 89.2 cm³/mol. The monoisotopic (exact) mass is 347 g/mol. The lowest BCUT2D eigenvalue weighted by Gasteiger charge is -2.16. The highest BCUT2D eigenvalue weighted by Gasteiger charge is 2.21. The zero-order valence-electron chi connectivity index (χ0n) is 13.7. The van der Waals surface area contributed by atoms with E-state index in [-0.39, 0.29) is 18.5 Å². The van der Waals surface area contributed by atoms with Crippen LogP contribution in [0.3, 0.4) is 0 Å². The van der Waals surface area contributed by atoms with Gasteiger partial charge in [0.15, 0.2) is 0 Å². The van der Waals surface area contributed by atoms with Crippen molar-refractivity contribution in [1.29, 1.82) is 0 Å². The molecule has 2 rings (SSSR count). The topological polar surface area (TPSA) is 66.4 Å². The van der Waals surface area contributed by atoms with Crippen LogP contribution in [0.1, 0.15) is 36.3 Å². The average Bonchev–Trinajstić information content (AvgIpc) is 2.55. The number of hydrogen-bond acceptors (Lipinski definition) is 2. The Hall–Kier alpha value is -2.76. The number of carboxylic acid groups (broad SMARTS) is 1. The van der Waals surface area contributed by atoms with Crippen molar-refractivity contribution in [3.8, 4) is 0 Å². The maximum Gasteiger partial charge on any atom is 0.312 e. The van der Waals surface area contributed by atoms with Gasteiger partial charge in [-0.15, -0.1) is 0 Å². The number of nitrogens with one attached hydrogen (secondary N) is 1. The van der Waals surface area contributed by atoms with Crippen LogP contribution in [-0.4, -0.2) is 23.5 Å². The van der Waals surface area contributed by atoms with Crippen molar-refractivity contribution >= 4 is 11.9 Å². The Morgan fingerprint density at radius 1 is 1.12 bits per heavy atom. The van der Waals surface area contributed by atoms with Crippen LogP contribution in [0.4, 0.5) is 8.78 Å². The van der Waals surface area contributed by atoms with Gasteiger partial charge in [0, 0.05) is 19.0 Å². The number of carbonyl (C=O) groups excluding carboxylic acids is 1. The van der Waals surface area contributed by atoms with Crippen molar-refractivity contribution in [2.24, 2.45) is 0 Å². The van der Waals surface area contributed by atoms with E-state index in [2.05, 4.69) is 5.32 Å². The molecule has 0 bridgehead atoms. The molecule has 1 amide bonds. The first-order valence-electron chi connectivity index (χ1n) is 7.88. The average molecular weight is 347 g/mol. The summed E-state index contributed by atoms with van der Waals surface area (Å²) in [6, 6.07) is 11.8. The van der Waals surface area contributed by atoms with E-state index in [0.29, 0.717) is 5.56 Å². The predicted octanol–water partition coefficient (Wildman–Crippen LogP) is 3.44. The fraction of sp³-hybridized carbons (Fsp3) is 0.263. The first kappa shape index (κ1) is 18.6. The molecule has 0 saturated heterocycles. The van der Waals surface area contributed by atoms with Crippen LogP contribution in [0.15, 0.2) is 48.5 Å². The number of halogens is 2. The number of aliphatic carboxylic acids is 1. The highest BCUT2D eigenvalue weighted by atomic mass is 19.1. The molecule has 2 aromatic rings. The van der Waals surface area contributed by atoms with E-state index >= 15 is 0 Å². The van der Waals surface area contributed by atoms with Crippen molar-refractivity contribution < 1.29 is 23.5 Å². The maximum atomic E-state index is 13.7. The number of amides is 1. The third-order valence-corrected chi connectivity index (χ3v) is 3.99. The molecule has 6 heteroatoms. The Kier molecular flexibility index (Phi) is 6.22. The molecular weight excluding hydrogens is 328 g/mol. The molecule has 2 N–H and O–H groups in total. The zero-order chi connectivity index (χ0) is 18.4. The molecule has 0 heterocycles. The Labute approximate surface area is 144 Å². The van der Waals surface area contributed by atoms with E-state index in [9.17, 15) is 23.5 Å². The summed E-state index contributed by atoms with van der Waals surface area (Å²) in [5.41, 5.74) is 0.835. The van der Waals surface area contributed by atoms with Crippen LogP contribution < -0.4 is 5.32 Å². The molecule has 0 aliphatic carbocycles. The normalized spacial score (nSPS) is 13.1. The quantitative estimate of drug-likeness (QED) is 0.806. The summed E-state index contributed by atoms with van der Waals surface area (Å²) in [4.78, 5) is 23.5. The maximum absolute atomic E-state index is 13.7. The van der Waals surface area contributed by atoms with Gasteiger partial charge in [-0.05, 0) is 23.1 Å². The summed E-state index contributed by atoms with van der Waals surface area (Å²) < 4.78 is 26.7. The van der Waals surface area contributed by atoms with Crippen molar-refractivity contribution in [3.63, 3.8) is 0 Å². The molecule has 0 radical (unpaired) electrons. The number of hydrogen-bond donors (Lipinski definition) is 2. The minimum Gasteiger partial charge on any atom is -0.481 e. The minimum atomic E-state index is -1.04. The Morgan fingerprint density at radius 2 is 1.80 bits per heavy atom. The van der Waals surface area contributed by atoms with E-state index in [0.717, 1.165) is 12.1 Å². The van der Waals surface area contributed by atoms with Crippen LogP contribution in [0.2, 0.25) is 0 Å². The SMILES string of the molecule is CC(CC(=O)NCC(C(=O)O)c1ccccc1)c1ccc(F)cc1F. The number of carboxylic acids is 1. The fourth-order valence-corrected chi connectivity index (χ4v) is 2.61. The van der Waals surface area contributed by atoms with Gasteiger partial charge >= 0.3 is 5.97 Å². The summed E-state index contributed by atoms with van der Waals surface area (Å²) in [5.74, 6) is -4.12. The molecule has 132 valence electrons. The van der Waals surface area contributed by atoms with Crippen molar-refractivity contribution in [2.45, 2.75) is 25.2 Å². The standard InChI is InChI=1S/C19H19F2NO3/c1-12(15-8-7-14(20)10-17(15)21)9-18(23)22-11-16(19(24)25)13-5-3-2-4-6-13/h2-8,10,12,16H,9,11H2,1H3,(H,22,23)(H,24,25). The van der Waals surface area contributed by atoms with E-state index in [1.807, 2.05) is 0 Å². The van der Waals surface area contributed by atoms with Gasteiger partial charge in [-0.1, -0.05) is 43.3 Å². The van der Waals surface area contributed by atoms with Crippen LogP contribution in [0.5, 0.6) is 0 Å². The van der Waals surface area contributed by atoms with E-state index in [1.54, 1.807) is 37.3 Å². The zero-order valence-corrected chi connectivity index (χ0v) is 13.7. The second-order valence-electron chi connectivity index (χ2n) is 5.88. The molecule has 0 spiro atoms. The van der Waals surface area contributed by atoms with Crippen LogP contribution in [0.25, 0.3) is 0 Å². The summed E-state index contributed by atoms with van der Waals surface area (Å²) >= 11 is 0. The van der Waals surface area contributed by atoms with Crippen molar-refractivity contribution in [1.82, 2.24) is 5.32 Å². The second kappa shape index (κ2) is 8.37. The van der Waals surface area contributed by atoms with Gasteiger partial charge in [-0.2, -0.15) is 0 Å². The second-order valence-corrected chi connectivity index (χ2v) is 5.88. The van der Waals surface area contributed by atoms with Gasteiger partial charge in [0.2, 0.25) is 5.91 Å². The lowest BCUT2D eigenvalue weighted by Crippen LogP contribution is -2.32. The smallest absolute Gasteiger partial charge is 0.312 e. The van der Waals surface area contributed by atoms with E-state index in [1.165, 1.54) is 6.07 Å². The first-order valence-corrected chi connectivity index (χ1v) is 7.88. The summed E-state index contributed by atoms with van der Waals surface area (Å²) in [7, 11) is 0. The number of rotatable bonds is 7. The molecule has 2 atom stereocenters. The van der Waals surface area contributed by atoms with Gasteiger partial charge in [-0.25, -0.2) is 8.78 Å². The highest BCUT2D eigenvalue weighted by Crippen LogP contribution is 2.23. The van der Waals surface area contributed by atoms with Crippen LogP contribution in [0, 0.1) is 11.6 Å². The van der Waals surface area contributed by atoms with E-state index < -0.39 is 35.3 Å². The van der Waals surface area contributed by atoms with Crippen molar-refractivity contribution in [3.05, 3.63) is 71.3 Å². The van der Waals surface area contributed by atoms with Gasteiger partial charge < -0.3 is 10.4 Å². The Bertz CT molecular complexity index is 750. The Morgan fingerprint density at radius 3 is 2.40 bits per heavy atom. The molecule has 0 aromatic heterocycles. The minimum absolute atomic E-state index is 0.0241. The molecular formula is C19H19F2NO3.